The first-order chi connectivity index (χ1) is 27.1. The van der Waals surface area contributed by atoms with Crippen LogP contribution in [0.15, 0.2) is 60.7 Å². The highest BCUT2D eigenvalue weighted by molar-refractivity contribution is 6.33. The van der Waals surface area contributed by atoms with Crippen molar-refractivity contribution in [3.63, 3.8) is 0 Å². The van der Waals surface area contributed by atoms with Gasteiger partial charge in [-0.25, -0.2) is 4.85 Å². The minimum absolute atomic E-state index is 0.0886. The van der Waals surface area contributed by atoms with Crippen molar-refractivity contribution >= 4 is 58.2 Å². The predicted molar refractivity (Wildman–Crippen MR) is 215 cm³/mol. The quantitative estimate of drug-likeness (QED) is 0.223. The molecular formula is C43H46ClN7O6. The van der Waals surface area contributed by atoms with Crippen molar-refractivity contribution in [1.82, 2.24) is 20.4 Å². The fourth-order valence-electron chi connectivity index (χ4n) is 9.73. The van der Waals surface area contributed by atoms with Gasteiger partial charge in [-0.2, -0.15) is 0 Å². The maximum Gasteiger partial charge on any atom is 0.262 e. The number of rotatable bonds is 9. The highest BCUT2D eigenvalue weighted by Crippen LogP contribution is 2.55. The Bertz CT molecular complexity index is 2190. The van der Waals surface area contributed by atoms with Crippen LogP contribution in [-0.4, -0.2) is 103 Å². The Hall–Kier alpha value is -5.45. The standard InChI is InChI=1S/C43H46ClN7O6/c1-42(2)40(43(3,4)41(42)57-29-11-13-33(45-5)32(44)21-29)47-36(53)26-6-8-27(9-7-26)49-18-16-48(17-19-49)22-25-23-50(24-25)28-10-12-30-31(20-28)39(56)51(38(30)55)34-14-15-35(52)46-37(34)54/h6-13,20-21,25,34,40-41H,14-19,22-24H2,1-4H3,(H,47,53)(H,46,52,54). The van der Waals surface area contributed by atoms with Gasteiger partial charge in [0, 0.05) is 92.0 Å². The van der Waals surface area contributed by atoms with Crippen LogP contribution in [0.3, 0.4) is 0 Å². The summed E-state index contributed by atoms with van der Waals surface area (Å²) < 4.78 is 6.38. The number of piperidine rings is 1. The molecule has 2 N–H and O–H groups in total. The molecule has 3 aromatic rings. The SMILES string of the molecule is [C-]#[N+]c1ccc(OC2C(C)(C)C(NC(=O)c3ccc(N4CCN(CC5CN(c6ccc7c(c6)C(=O)N(C6CCC(=O)NC6=O)C7=O)C5)CC4)cc3)C2(C)C)cc1Cl. The van der Waals surface area contributed by atoms with Crippen LogP contribution < -0.4 is 25.2 Å². The molecule has 296 valence electrons. The number of carbonyl (C=O) groups is 5. The maximum absolute atomic E-state index is 13.5. The van der Waals surface area contributed by atoms with E-state index in [9.17, 15) is 24.0 Å². The van der Waals surface area contributed by atoms with Crippen molar-refractivity contribution in [2.45, 2.75) is 58.7 Å². The minimum Gasteiger partial charge on any atom is -0.489 e. The first kappa shape index (κ1) is 38.4. The second-order valence-corrected chi connectivity index (χ2v) is 17.5. The van der Waals surface area contributed by atoms with Crippen molar-refractivity contribution in [3.05, 3.63) is 93.8 Å². The number of halogens is 1. The first-order valence-electron chi connectivity index (χ1n) is 19.5. The number of piperazine rings is 1. The molecule has 8 rings (SSSR count). The van der Waals surface area contributed by atoms with Gasteiger partial charge in [-0.15, -0.1) is 0 Å². The van der Waals surface area contributed by atoms with Crippen molar-refractivity contribution in [2.24, 2.45) is 16.7 Å². The van der Waals surface area contributed by atoms with Gasteiger partial charge in [0.2, 0.25) is 17.5 Å². The normalized spacial score (nSPS) is 24.3. The topological polar surface area (TPSA) is 136 Å². The van der Waals surface area contributed by atoms with Gasteiger partial charge < -0.3 is 19.9 Å². The largest absolute Gasteiger partial charge is 0.489 e. The molecule has 0 radical (unpaired) electrons. The number of fused-ring (bicyclic) bond motifs is 1. The molecule has 1 unspecified atom stereocenters. The Labute approximate surface area is 337 Å². The molecule has 0 aromatic heterocycles. The number of anilines is 2. The number of nitrogens with zero attached hydrogens (tertiary/aromatic N) is 5. The molecule has 5 amide bonds. The summed E-state index contributed by atoms with van der Waals surface area (Å²) in [5.74, 6) is -1.04. The molecule has 57 heavy (non-hydrogen) atoms. The maximum atomic E-state index is 13.5. The molecule has 1 aliphatic carbocycles. The van der Waals surface area contributed by atoms with Crippen LogP contribution in [0.2, 0.25) is 5.02 Å². The number of ether oxygens (including phenoxy) is 1. The van der Waals surface area contributed by atoms with E-state index in [1.54, 1.807) is 30.3 Å². The summed E-state index contributed by atoms with van der Waals surface area (Å²) in [5, 5.41) is 5.87. The zero-order valence-electron chi connectivity index (χ0n) is 32.5. The molecule has 5 aliphatic rings. The lowest BCUT2D eigenvalue weighted by Crippen LogP contribution is -2.74. The fourth-order valence-corrected chi connectivity index (χ4v) is 9.94. The number of hydrogen-bond acceptors (Lipinski definition) is 9. The Morgan fingerprint density at radius 1 is 0.877 bits per heavy atom. The smallest absolute Gasteiger partial charge is 0.262 e. The van der Waals surface area contributed by atoms with Crippen LogP contribution in [0.5, 0.6) is 5.75 Å². The van der Waals surface area contributed by atoms with Gasteiger partial charge in [0.15, 0.2) is 0 Å². The van der Waals surface area contributed by atoms with E-state index in [0.29, 0.717) is 33.5 Å². The second-order valence-electron chi connectivity index (χ2n) is 17.1. The van der Waals surface area contributed by atoms with Crippen molar-refractivity contribution in [1.29, 1.82) is 0 Å². The summed E-state index contributed by atoms with van der Waals surface area (Å²) in [6, 6.07) is 17.1. The zero-order chi connectivity index (χ0) is 40.4. The number of benzene rings is 3. The van der Waals surface area contributed by atoms with Crippen LogP contribution in [0.1, 0.15) is 71.6 Å². The van der Waals surface area contributed by atoms with Crippen LogP contribution in [0.25, 0.3) is 4.85 Å². The first-order valence-corrected chi connectivity index (χ1v) is 19.9. The number of imide groups is 2. The molecule has 4 fully saturated rings. The van der Waals surface area contributed by atoms with Crippen LogP contribution in [0, 0.1) is 23.3 Å². The Morgan fingerprint density at radius 2 is 1.54 bits per heavy atom. The monoisotopic (exact) mass is 791 g/mol. The Balaban J connectivity index is 0.794. The molecule has 14 heteroatoms. The van der Waals surface area contributed by atoms with Crippen molar-refractivity contribution in [2.75, 3.05) is 55.6 Å². The Kier molecular flexibility index (Phi) is 9.77. The van der Waals surface area contributed by atoms with Gasteiger partial charge in [-0.3, -0.25) is 39.1 Å². The molecule has 4 aliphatic heterocycles. The lowest BCUT2D eigenvalue weighted by molar-refractivity contribution is -0.164. The van der Waals surface area contributed by atoms with E-state index in [1.807, 2.05) is 30.3 Å². The van der Waals surface area contributed by atoms with Gasteiger partial charge in [0.1, 0.15) is 17.9 Å². The van der Waals surface area contributed by atoms with Crippen LogP contribution >= 0.6 is 11.6 Å². The lowest BCUT2D eigenvalue weighted by Gasteiger charge is -2.63. The summed E-state index contributed by atoms with van der Waals surface area (Å²) in [5.41, 5.74) is 2.84. The minimum atomic E-state index is -0.975. The summed E-state index contributed by atoms with van der Waals surface area (Å²) in [4.78, 5) is 75.3. The molecule has 3 saturated heterocycles. The van der Waals surface area contributed by atoms with Gasteiger partial charge in [-0.05, 0) is 61.0 Å². The lowest BCUT2D eigenvalue weighted by atomic mass is 9.49. The molecule has 13 nitrogen and oxygen atoms in total. The third kappa shape index (κ3) is 6.89. The number of amides is 5. The van der Waals surface area contributed by atoms with Gasteiger partial charge in [0.05, 0.1) is 22.7 Å². The third-order valence-corrected chi connectivity index (χ3v) is 12.8. The molecular weight excluding hydrogens is 746 g/mol. The van der Waals surface area contributed by atoms with E-state index >= 15 is 0 Å². The van der Waals surface area contributed by atoms with E-state index < -0.39 is 29.7 Å². The highest BCUT2D eigenvalue weighted by Gasteiger charge is 2.64. The highest BCUT2D eigenvalue weighted by atomic mass is 35.5. The van der Waals surface area contributed by atoms with E-state index in [2.05, 4.69) is 57.9 Å². The van der Waals surface area contributed by atoms with E-state index in [1.165, 1.54) is 0 Å². The van der Waals surface area contributed by atoms with Crippen molar-refractivity contribution in [3.8, 4) is 5.75 Å². The molecule has 0 bridgehead atoms. The van der Waals surface area contributed by atoms with Gasteiger partial charge >= 0.3 is 0 Å². The second kappa shape index (κ2) is 14.5. The fraction of sp³-hybridized carbons (Fsp3) is 0.442. The van der Waals surface area contributed by atoms with E-state index in [4.69, 9.17) is 22.9 Å². The predicted octanol–water partition coefficient (Wildman–Crippen LogP) is 5.16. The number of nitrogens with one attached hydrogen (secondary N) is 2. The van der Waals surface area contributed by atoms with Gasteiger partial charge in [0.25, 0.3) is 17.7 Å². The molecule has 4 heterocycles. The third-order valence-electron chi connectivity index (χ3n) is 12.5. The molecule has 0 spiro atoms. The summed E-state index contributed by atoms with van der Waals surface area (Å²) in [7, 11) is 0. The summed E-state index contributed by atoms with van der Waals surface area (Å²) >= 11 is 6.25. The Morgan fingerprint density at radius 3 is 2.19 bits per heavy atom. The zero-order valence-corrected chi connectivity index (χ0v) is 33.3. The van der Waals surface area contributed by atoms with E-state index in [0.717, 1.165) is 62.1 Å². The average molecular weight is 792 g/mol. The van der Waals surface area contributed by atoms with Gasteiger partial charge in [-0.1, -0.05) is 45.4 Å². The van der Waals surface area contributed by atoms with Crippen LogP contribution in [-0.2, 0) is 9.59 Å². The molecule has 3 aromatic carbocycles. The molecule has 1 saturated carbocycles. The molecule has 1 atom stereocenters. The summed E-state index contributed by atoms with van der Waals surface area (Å²) in [6.07, 6.45) is 0.0414. The average Bonchev–Trinajstić information content (AvgIpc) is 3.42. The number of carbonyl (C=O) groups excluding carboxylic acids is 5. The van der Waals surface area contributed by atoms with Crippen molar-refractivity contribution < 1.29 is 28.7 Å². The summed E-state index contributed by atoms with van der Waals surface area (Å²) in [6.45, 7) is 21.9. The van der Waals surface area contributed by atoms with E-state index in [-0.39, 0.29) is 47.3 Å². The number of hydrogen-bond donors (Lipinski definition) is 2. The van der Waals surface area contributed by atoms with Crippen LogP contribution in [0.4, 0.5) is 17.1 Å².